The molecule has 2 heterocycles. The van der Waals surface area contributed by atoms with Crippen molar-refractivity contribution in [2.45, 2.75) is 18.9 Å². The molecule has 0 aromatic heterocycles. The maximum atomic E-state index is 13.2. The Labute approximate surface area is 162 Å². The summed E-state index contributed by atoms with van der Waals surface area (Å²) in [6, 6.07) is 12.3. The fourth-order valence-corrected chi connectivity index (χ4v) is 3.72. The van der Waals surface area contributed by atoms with E-state index in [-0.39, 0.29) is 11.9 Å². The highest BCUT2D eigenvalue weighted by Gasteiger charge is 2.34. The van der Waals surface area contributed by atoms with E-state index in [1.54, 1.807) is 24.3 Å². The summed E-state index contributed by atoms with van der Waals surface area (Å²) in [5.41, 5.74) is 1.43. The first-order chi connectivity index (χ1) is 13.6. The van der Waals surface area contributed by atoms with Gasteiger partial charge in [0.15, 0.2) is 18.1 Å². The van der Waals surface area contributed by atoms with Gasteiger partial charge in [-0.05, 0) is 37.1 Å². The molecule has 28 heavy (non-hydrogen) atoms. The van der Waals surface area contributed by atoms with Crippen molar-refractivity contribution >= 4 is 11.9 Å². The van der Waals surface area contributed by atoms with Crippen LogP contribution in [0.1, 0.15) is 34.8 Å². The number of para-hydroxylation sites is 1. The second-order valence-electron chi connectivity index (χ2n) is 6.74. The molecule has 0 bridgehead atoms. The van der Waals surface area contributed by atoms with Gasteiger partial charge in [0.25, 0.3) is 5.91 Å². The zero-order chi connectivity index (χ0) is 19.5. The highest BCUT2D eigenvalue weighted by molar-refractivity contribution is 5.95. The maximum Gasteiger partial charge on any atom is 0.341 e. The molecular formula is C21H21NO6. The van der Waals surface area contributed by atoms with Crippen molar-refractivity contribution in [3.8, 4) is 17.2 Å². The Morgan fingerprint density at radius 1 is 1.14 bits per heavy atom. The van der Waals surface area contributed by atoms with Gasteiger partial charge in [0.1, 0.15) is 19.0 Å². The number of hydrogen-bond acceptors (Lipinski definition) is 5. The van der Waals surface area contributed by atoms with Gasteiger partial charge in [-0.2, -0.15) is 0 Å². The quantitative estimate of drug-likeness (QED) is 0.855. The van der Waals surface area contributed by atoms with Gasteiger partial charge in [0.2, 0.25) is 0 Å². The fourth-order valence-electron chi connectivity index (χ4n) is 3.72. The van der Waals surface area contributed by atoms with E-state index >= 15 is 0 Å². The minimum Gasteiger partial charge on any atom is -0.486 e. The van der Waals surface area contributed by atoms with Crippen molar-refractivity contribution in [2.24, 2.45) is 0 Å². The first-order valence-electron chi connectivity index (χ1n) is 9.27. The molecule has 0 aliphatic carbocycles. The zero-order valence-electron chi connectivity index (χ0n) is 15.3. The van der Waals surface area contributed by atoms with Gasteiger partial charge in [-0.1, -0.05) is 18.2 Å². The first-order valence-corrected chi connectivity index (χ1v) is 9.27. The number of ether oxygens (including phenoxy) is 3. The number of amides is 1. The van der Waals surface area contributed by atoms with Crippen molar-refractivity contribution < 1.29 is 28.9 Å². The molecule has 7 nitrogen and oxygen atoms in total. The minimum absolute atomic E-state index is 0.0901. The van der Waals surface area contributed by atoms with Crippen LogP contribution < -0.4 is 14.2 Å². The summed E-state index contributed by atoms with van der Waals surface area (Å²) in [6.45, 7) is 1.21. The normalized spacial score (nSPS) is 18.0. The molecule has 146 valence electrons. The van der Waals surface area contributed by atoms with Crippen LogP contribution in [0.3, 0.4) is 0 Å². The molecule has 7 heteroatoms. The van der Waals surface area contributed by atoms with Crippen LogP contribution in [0.4, 0.5) is 0 Å². The Kier molecular flexibility index (Phi) is 5.06. The molecule has 2 aliphatic heterocycles. The molecule has 2 aromatic carbocycles. The lowest BCUT2D eigenvalue weighted by Crippen LogP contribution is -2.31. The molecule has 0 spiro atoms. The summed E-state index contributed by atoms with van der Waals surface area (Å²) in [7, 11) is 0. The number of carboxylic acid groups (broad SMARTS) is 1. The van der Waals surface area contributed by atoms with Crippen LogP contribution in [0.5, 0.6) is 17.2 Å². The van der Waals surface area contributed by atoms with Gasteiger partial charge in [-0.3, -0.25) is 4.79 Å². The van der Waals surface area contributed by atoms with Gasteiger partial charge < -0.3 is 24.2 Å². The van der Waals surface area contributed by atoms with E-state index in [9.17, 15) is 9.59 Å². The van der Waals surface area contributed by atoms with E-state index < -0.39 is 12.6 Å². The monoisotopic (exact) mass is 383 g/mol. The van der Waals surface area contributed by atoms with Gasteiger partial charge >= 0.3 is 5.97 Å². The third kappa shape index (κ3) is 3.60. The summed E-state index contributed by atoms with van der Waals surface area (Å²) in [6.07, 6.45) is 1.75. The maximum absolute atomic E-state index is 13.2. The Hall–Kier alpha value is -3.22. The van der Waals surface area contributed by atoms with Gasteiger partial charge in [0, 0.05) is 17.7 Å². The third-order valence-corrected chi connectivity index (χ3v) is 4.91. The van der Waals surface area contributed by atoms with Crippen molar-refractivity contribution in [3.63, 3.8) is 0 Å². The largest absolute Gasteiger partial charge is 0.486 e. The van der Waals surface area contributed by atoms with Gasteiger partial charge in [0.05, 0.1) is 6.04 Å². The molecule has 2 aliphatic rings. The number of rotatable bonds is 5. The topological polar surface area (TPSA) is 85.3 Å². The van der Waals surface area contributed by atoms with Crippen molar-refractivity contribution in [1.29, 1.82) is 0 Å². The summed E-state index contributed by atoms with van der Waals surface area (Å²) in [5.74, 6) is 0.618. The van der Waals surface area contributed by atoms with Crippen LogP contribution >= 0.6 is 0 Å². The number of carboxylic acids is 1. The molecular weight excluding hydrogens is 362 g/mol. The number of nitrogens with zero attached hydrogens (tertiary/aromatic N) is 1. The SMILES string of the molecule is O=C(O)COc1cccc(C(=O)N2CCCC2c2cccc3c2OCCO3)c1. The number of fused-ring (bicyclic) bond motifs is 1. The highest BCUT2D eigenvalue weighted by atomic mass is 16.6. The minimum atomic E-state index is -1.06. The molecule has 1 saturated heterocycles. The second-order valence-corrected chi connectivity index (χ2v) is 6.74. The van der Waals surface area contributed by atoms with Crippen LogP contribution in [-0.4, -0.2) is 48.2 Å². The van der Waals surface area contributed by atoms with Crippen molar-refractivity contribution in [1.82, 2.24) is 4.90 Å². The lowest BCUT2D eigenvalue weighted by molar-refractivity contribution is -0.139. The Morgan fingerprint density at radius 2 is 1.96 bits per heavy atom. The van der Waals surface area contributed by atoms with Gasteiger partial charge in [-0.15, -0.1) is 0 Å². The average Bonchev–Trinajstić information content (AvgIpc) is 3.21. The number of carbonyl (C=O) groups excluding carboxylic acids is 1. The lowest BCUT2D eigenvalue weighted by atomic mass is 10.0. The van der Waals surface area contributed by atoms with Crippen LogP contribution in [0.25, 0.3) is 0 Å². The van der Waals surface area contributed by atoms with Crippen molar-refractivity contribution in [2.75, 3.05) is 26.4 Å². The van der Waals surface area contributed by atoms with Crippen molar-refractivity contribution in [3.05, 3.63) is 53.6 Å². The van der Waals surface area contributed by atoms with E-state index in [0.29, 0.717) is 36.8 Å². The predicted molar refractivity (Wildman–Crippen MR) is 100 cm³/mol. The lowest BCUT2D eigenvalue weighted by Gasteiger charge is -2.29. The molecule has 1 amide bonds. The number of likely N-dealkylation sites (tertiary alicyclic amines) is 1. The second kappa shape index (κ2) is 7.80. The Balaban J connectivity index is 1.58. The van der Waals surface area contributed by atoms with Crippen LogP contribution in [0, 0.1) is 0 Å². The van der Waals surface area contributed by atoms with E-state index in [4.69, 9.17) is 19.3 Å². The van der Waals surface area contributed by atoms with Crippen LogP contribution in [-0.2, 0) is 4.79 Å². The van der Waals surface area contributed by atoms with Crippen LogP contribution in [0.2, 0.25) is 0 Å². The summed E-state index contributed by atoms with van der Waals surface area (Å²) in [4.78, 5) is 25.7. The molecule has 0 saturated carbocycles. The van der Waals surface area contributed by atoms with E-state index in [1.165, 1.54) is 0 Å². The smallest absolute Gasteiger partial charge is 0.341 e. The predicted octanol–water partition coefficient (Wildman–Crippen LogP) is 2.90. The highest BCUT2D eigenvalue weighted by Crippen LogP contribution is 2.43. The molecule has 2 aromatic rings. The molecule has 1 unspecified atom stereocenters. The molecule has 1 fully saturated rings. The summed E-state index contributed by atoms with van der Waals surface area (Å²) in [5, 5.41) is 8.76. The van der Waals surface area contributed by atoms with Crippen LogP contribution in [0.15, 0.2) is 42.5 Å². The number of hydrogen-bond donors (Lipinski definition) is 1. The molecule has 1 N–H and O–H groups in total. The van der Waals surface area contributed by atoms with E-state index in [0.717, 1.165) is 24.2 Å². The van der Waals surface area contributed by atoms with E-state index in [1.807, 2.05) is 23.1 Å². The Bertz CT molecular complexity index is 896. The molecule has 4 rings (SSSR count). The number of carbonyl (C=O) groups is 2. The van der Waals surface area contributed by atoms with Gasteiger partial charge in [-0.25, -0.2) is 4.79 Å². The third-order valence-electron chi connectivity index (χ3n) is 4.91. The molecule has 1 atom stereocenters. The molecule has 0 radical (unpaired) electrons. The number of aliphatic carboxylic acids is 1. The first kappa shape index (κ1) is 18.2. The van der Waals surface area contributed by atoms with E-state index in [2.05, 4.69) is 0 Å². The fraction of sp³-hybridized carbons (Fsp3) is 0.333. The number of benzene rings is 2. The summed E-state index contributed by atoms with van der Waals surface area (Å²) < 4.78 is 16.7. The standard InChI is InChI=1S/C21H21NO6/c23-19(24)13-28-15-5-1-4-14(12-15)21(25)22-9-3-7-17(22)16-6-2-8-18-20(16)27-11-10-26-18/h1-2,4-6,8,12,17H,3,7,9-11,13H2,(H,23,24). The average molecular weight is 383 g/mol. The Morgan fingerprint density at radius 3 is 2.82 bits per heavy atom. The zero-order valence-corrected chi connectivity index (χ0v) is 15.3. The summed E-state index contributed by atoms with van der Waals surface area (Å²) >= 11 is 0.